The number of rotatable bonds is 16. The summed E-state index contributed by atoms with van der Waals surface area (Å²) in [4.78, 5) is 26.1. The Morgan fingerprint density at radius 1 is 0.658 bits per heavy atom. The monoisotopic (exact) mass is 1110 g/mol. The second kappa shape index (κ2) is 23.7. The number of nitriles is 2. The van der Waals surface area contributed by atoms with Crippen molar-refractivity contribution in [1.82, 2.24) is 21.0 Å². The minimum absolute atomic E-state index is 0.00900. The Balaban J connectivity index is 0.000000317. The van der Waals surface area contributed by atoms with Gasteiger partial charge in [0.15, 0.2) is 36.3 Å². The van der Waals surface area contributed by atoms with Crippen molar-refractivity contribution in [3.8, 4) is 23.6 Å². The fourth-order valence-corrected chi connectivity index (χ4v) is 10.9. The molecule has 5 aromatic rings. The fourth-order valence-electron chi connectivity index (χ4n) is 6.39. The summed E-state index contributed by atoms with van der Waals surface area (Å²) in [5, 5.41) is 33.7. The molecule has 1 aromatic heterocycles. The summed E-state index contributed by atoms with van der Waals surface area (Å²) in [6.07, 6.45) is 1.29. The highest BCUT2D eigenvalue weighted by molar-refractivity contribution is 7.91. The van der Waals surface area contributed by atoms with Gasteiger partial charge >= 0.3 is 0 Å². The number of aromatic nitrogens is 2. The molecule has 0 saturated heterocycles. The second-order valence-electron chi connectivity index (χ2n) is 20.5. The van der Waals surface area contributed by atoms with Gasteiger partial charge in [-0.25, -0.2) is 16.8 Å². The Kier molecular flexibility index (Phi) is 19.5. The van der Waals surface area contributed by atoms with Gasteiger partial charge in [0.1, 0.15) is 24.2 Å². The first-order valence-electron chi connectivity index (χ1n) is 22.9. The summed E-state index contributed by atoms with van der Waals surface area (Å²) in [6, 6.07) is 24.0. The molecule has 0 aliphatic carbocycles. The van der Waals surface area contributed by atoms with Gasteiger partial charge < -0.3 is 23.9 Å². The summed E-state index contributed by atoms with van der Waals surface area (Å²) in [5.74, 6) is -0.613. The molecular formula is C50H64Cl2N8O9S2Si2. The number of halogens is 2. The largest absolute Gasteiger partial charge is 0.418 e. The van der Waals surface area contributed by atoms with Gasteiger partial charge in [-0.05, 0) is 135 Å². The number of sulfone groups is 2. The third-order valence-electron chi connectivity index (χ3n) is 12.7. The van der Waals surface area contributed by atoms with E-state index in [4.69, 9.17) is 41.7 Å². The number of hydrogen-bond donors (Lipinski definition) is 4. The van der Waals surface area contributed by atoms with Crippen LogP contribution in [0.1, 0.15) is 88.8 Å². The minimum atomic E-state index is -3.40. The molecule has 5 rings (SSSR count). The molecular weight excluding hydrogens is 1050 g/mol. The van der Waals surface area contributed by atoms with Gasteiger partial charge in [-0.3, -0.25) is 20.4 Å². The van der Waals surface area contributed by atoms with Gasteiger partial charge in [0.05, 0.1) is 43.2 Å². The number of amides is 2. The van der Waals surface area contributed by atoms with E-state index in [1.807, 2.05) is 13.0 Å². The van der Waals surface area contributed by atoms with E-state index in [1.54, 1.807) is 55.5 Å². The zero-order valence-corrected chi connectivity index (χ0v) is 48.6. The molecule has 0 saturated carbocycles. The molecule has 392 valence electrons. The number of nitrogens with zero attached hydrogens (tertiary/aromatic N) is 4. The Labute approximate surface area is 441 Å². The summed E-state index contributed by atoms with van der Waals surface area (Å²) < 4.78 is 65.9. The van der Waals surface area contributed by atoms with Crippen molar-refractivity contribution < 1.29 is 39.7 Å². The SMILES string of the molecule is C[C@H](O[Si](C)(C)C(C)(C)C)[C@@H](Nc1ccc(C#N)c(Cl)c1)C(=O)NNC(=O)c1ccc(S(C)(=O)=O)cc1.C[C@H](O[Si](C)(C)C(C)(C)C)[C@@H](Nc1ccc(C#N)c(Cl)c1)c1nnc(-c2ccc(S(C)(=O)=O)cc2)o1. The molecule has 0 spiro atoms. The molecule has 73 heavy (non-hydrogen) atoms. The van der Waals surface area contributed by atoms with Crippen LogP contribution in [-0.4, -0.2) is 86.2 Å². The molecule has 0 aliphatic heterocycles. The van der Waals surface area contributed by atoms with Crippen LogP contribution in [-0.2, 0) is 33.3 Å². The molecule has 0 radical (unpaired) electrons. The average Bonchev–Trinajstić information content (AvgIpc) is 3.78. The topological polar surface area (TPSA) is 255 Å². The lowest BCUT2D eigenvalue weighted by Crippen LogP contribution is -2.55. The van der Waals surface area contributed by atoms with E-state index in [0.717, 1.165) is 12.5 Å². The van der Waals surface area contributed by atoms with Crippen molar-refractivity contribution in [2.75, 3.05) is 23.1 Å². The smallest absolute Gasteiger partial charge is 0.269 e. The van der Waals surface area contributed by atoms with Crippen LogP contribution in [0, 0.1) is 22.7 Å². The first-order chi connectivity index (χ1) is 33.6. The number of anilines is 2. The van der Waals surface area contributed by atoms with Crippen molar-refractivity contribution in [3.05, 3.63) is 118 Å². The lowest BCUT2D eigenvalue weighted by atomic mass is 10.1. The van der Waals surface area contributed by atoms with Crippen molar-refractivity contribution in [2.45, 2.75) is 126 Å². The van der Waals surface area contributed by atoms with Crippen LogP contribution in [0.15, 0.2) is 99.1 Å². The Morgan fingerprint density at radius 3 is 1.52 bits per heavy atom. The number of carbonyl (C=O) groups is 2. The molecule has 0 fully saturated rings. The van der Waals surface area contributed by atoms with Crippen LogP contribution in [0.4, 0.5) is 11.4 Å². The fraction of sp³-hybridized carbons (Fsp3) is 0.400. The number of benzene rings is 4. The summed E-state index contributed by atoms with van der Waals surface area (Å²) in [5.41, 5.74) is 7.39. The standard InChI is InChI=1S/C25H33ClN4O5SSi.C25H31ClN4O4SSi/c1-16(35-37(6,7)25(2,3)4)22(28-19-11-8-18(15-27)21(26)14-19)24(32)30-29-23(31)17-9-12-20(13-10-17)36(5,33)34;1-16(34-36(6,7)25(2,3)4)22(28-19-11-8-18(15-27)21(26)14-19)24-30-29-23(33-24)17-9-12-20(13-10-17)35(5,31)32/h8-14,16,22,28H,1-7H3,(H,29,31)(H,30,32);8-14,16,22,28H,1-7H3/t2*16-,22+/m00/s1. The second-order valence-corrected chi connectivity index (χ2v) is 34.9. The highest BCUT2D eigenvalue weighted by Crippen LogP contribution is 2.40. The molecule has 0 unspecified atom stereocenters. The Bertz CT molecular complexity index is 3090. The minimum Gasteiger partial charge on any atom is -0.418 e. The zero-order valence-electron chi connectivity index (χ0n) is 43.4. The Hall–Kier alpha value is -5.63. The summed E-state index contributed by atoms with van der Waals surface area (Å²) >= 11 is 12.4. The van der Waals surface area contributed by atoms with Crippen molar-refractivity contribution >= 4 is 82.7 Å². The van der Waals surface area contributed by atoms with Crippen molar-refractivity contribution in [3.63, 3.8) is 0 Å². The van der Waals surface area contributed by atoms with Crippen molar-refractivity contribution in [2.24, 2.45) is 0 Å². The van der Waals surface area contributed by atoms with Crippen LogP contribution >= 0.6 is 23.2 Å². The molecule has 4 atom stereocenters. The average molecular weight is 1110 g/mol. The lowest BCUT2D eigenvalue weighted by molar-refractivity contribution is -0.124. The predicted molar refractivity (Wildman–Crippen MR) is 290 cm³/mol. The van der Waals surface area contributed by atoms with E-state index in [1.165, 1.54) is 36.4 Å². The molecule has 4 N–H and O–H groups in total. The number of hydrazine groups is 1. The van der Waals surface area contributed by atoms with Gasteiger partial charge in [0, 0.05) is 35.0 Å². The predicted octanol–water partition coefficient (Wildman–Crippen LogP) is 10.5. The maximum atomic E-state index is 13.2. The van der Waals surface area contributed by atoms with Crippen LogP contribution in [0.2, 0.25) is 46.3 Å². The molecule has 2 amide bonds. The molecule has 0 bridgehead atoms. The van der Waals surface area contributed by atoms with Crippen LogP contribution in [0.3, 0.4) is 0 Å². The van der Waals surface area contributed by atoms with E-state index in [0.29, 0.717) is 39.0 Å². The van der Waals surface area contributed by atoms with E-state index in [-0.39, 0.29) is 42.4 Å². The van der Waals surface area contributed by atoms with E-state index < -0.39 is 66.3 Å². The highest BCUT2D eigenvalue weighted by Gasteiger charge is 2.42. The quantitative estimate of drug-likeness (QED) is 0.0529. The molecule has 0 aliphatic rings. The molecule has 4 aromatic carbocycles. The van der Waals surface area contributed by atoms with Crippen LogP contribution in [0.25, 0.3) is 11.5 Å². The number of nitrogens with one attached hydrogen (secondary N) is 4. The molecule has 17 nitrogen and oxygen atoms in total. The van der Waals surface area contributed by atoms with Crippen LogP contribution in [0.5, 0.6) is 0 Å². The van der Waals surface area contributed by atoms with Gasteiger partial charge in [-0.2, -0.15) is 10.5 Å². The number of carbonyl (C=O) groups excluding carboxylic acids is 2. The van der Waals surface area contributed by atoms with E-state index in [2.05, 4.69) is 105 Å². The lowest BCUT2D eigenvalue weighted by Gasteiger charge is -2.40. The first-order valence-corrected chi connectivity index (χ1v) is 33.3. The first kappa shape index (κ1) is 59.9. The maximum absolute atomic E-state index is 13.2. The van der Waals surface area contributed by atoms with Crippen LogP contribution < -0.4 is 21.5 Å². The third-order valence-corrected chi connectivity index (χ3v) is 24.7. The van der Waals surface area contributed by atoms with Gasteiger partial charge in [-0.15, -0.1) is 10.2 Å². The summed E-state index contributed by atoms with van der Waals surface area (Å²) in [6.45, 7) is 25.0. The summed E-state index contributed by atoms with van der Waals surface area (Å²) in [7, 11) is -11.1. The Morgan fingerprint density at radius 2 is 1.10 bits per heavy atom. The molecule has 1 heterocycles. The van der Waals surface area contributed by atoms with E-state index >= 15 is 0 Å². The highest BCUT2D eigenvalue weighted by atomic mass is 35.5. The van der Waals surface area contributed by atoms with Gasteiger partial charge in [0.2, 0.25) is 11.8 Å². The number of hydrogen-bond acceptors (Lipinski definition) is 15. The third kappa shape index (κ3) is 16.2. The van der Waals surface area contributed by atoms with Gasteiger partial charge in [-0.1, -0.05) is 64.7 Å². The normalized spacial score (nSPS) is 13.9. The zero-order chi connectivity index (χ0) is 55.1. The van der Waals surface area contributed by atoms with Gasteiger partial charge in [0.25, 0.3) is 11.8 Å². The molecule has 23 heteroatoms. The van der Waals surface area contributed by atoms with Crippen molar-refractivity contribution in [1.29, 1.82) is 10.5 Å². The maximum Gasteiger partial charge on any atom is 0.269 e. The van der Waals surface area contributed by atoms with E-state index in [9.17, 15) is 31.7 Å².